The van der Waals surface area contributed by atoms with Gasteiger partial charge in [0.15, 0.2) is 5.82 Å². The molecule has 0 saturated carbocycles. The Bertz CT molecular complexity index is 583. The molecule has 1 aromatic carbocycles. The summed E-state index contributed by atoms with van der Waals surface area (Å²) in [5, 5.41) is 1.02. The Morgan fingerprint density at radius 1 is 1.29 bits per heavy atom. The SMILES string of the molecule is CC1CN(C)CCC1N(C)c1nc(-c2ccccc2)ns1. The van der Waals surface area contributed by atoms with Crippen LogP contribution < -0.4 is 4.90 Å². The Morgan fingerprint density at radius 3 is 2.76 bits per heavy atom. The fraction of sp³-hybridized carbons (Fsp3) is 0.500. The van der Waals surface area contributed by atoms with Crippen LogP contribution in [-0.2, 0) is 0 Å². The van der Waals surface area contributed by atoms with E-state index in [1.807, 2.05) is 18.2 Å². The van der Waals surface area contributed by atoms with E-state index in [-0.39, 0.29) is 0 Å². The minimum absolute atomic E-state index is 0.553. The summed E-state index contributed by atoms with van der Waals surface area (Å²) in [5.41, 5.74) is 1.09. The summed E-state index contributed by atoms with van der Waals surface area (Å²) in [7, 11) is 4.35. The number of piperidine rings is 1. The number of rotatable bonds is 3. The zero-order chi connectivity index (χ0) is 14.8. The molecule has 0 spiro atoms. The quantitative estimate of drug-likeness (QED) is 0.872. The minimum atomic E-state index is 0.553. The second-order valence-corrected chi connectivity index (χ2v) is 6.70. The van der Waals surface area contributed by atoms with Crippen molar-refractivity contribution in [3.63, 3.8) is 0 Å². The molecule has 0 amide bonds. The molecule has 0 bridgehead atoms. The average molecular weight is 302 g/mol. The van der Waals surface area contributed by atoms with Gasteiger partial charge in [-0.3, -0.25) is 0 Å². The summed E-state index contributed by atoms with van der Waals surface area (Å²) >= 11 is 1.50. The van der Waals surface area contributed by atoms with Gasteiger partial charge in [0.1, 0.15) is 0 Å². The van der Waals surface area contributed by atoms with Crippen LogP contribution in [0, 0.1) is 5.92 Å². The Morgan fingerprint density at radius 2 is 2.05 bits per heavy atom. The largest absolute Gasteiger partial charge is 0.347 e. The molecular formula is C16H22N4S. The molecule has 5 heteroatoms. The standard InChI is InChI=1S/C16H22N4S/c1-12-11-19(2)10-9-14(12)20(3)16-17-15(18-21-16)13-7-5-4-6-8-13/h4-8,12,14H,9-11H2,1-3H3. The monoisotopic (exact) mass is 302 g/mol. The molecule has 1 saturated heterocycles. The first-order valence-electron chi connectivity index (χ1n) is 7.45. The van der Waals surface area contributed by atoms with Crippen LogP contribution in [0.1, 0.15) is 13.3 Å². The maximum absolute atomic E-state index is 4.73. The second-order valence-electron chi connectivity index (χ2n) is 5.97. The topological polar surface area (TPSA) is 32.3 Å². The molecule has 0 radical (unpaired) electrons. The van der Waals surface area contributed by atoms with E-state index in [0.29, 0.717) is 12.0 Å². The average Bonchev–Trinajstić information content (AvgIpc) is 2.97. The molecule has 2 atom stereocenters. The molecule has 2 aromatic rings. The zero-order valence-electron chi connectivity index (χ0n) is 12.9. The first-order chi connectivity index (χ1) is 10.1. The summed E-state index contributed by atoms with van der Waals surface area (Å²) in [4.78, 5) is 9.46. The molecule has 1 aliphatic rings. The van der Waals surface area contributed by atoms with Gasteiger partial charge < -0.3 is 9.80 Å². The third-order valence-corrected chi connectivity index (χ3v) is 5.12. The highest BCUT2D eigenvalue weighted by molar-refractivity contribution is 7.09. The highest BCUT2D eigenvalue weighted by Crippen LogP contribution is 2.28. The molecule has 1 fully saturated rings. The van der Waals surface area contributed by atoms with Gasteiger partial charge in [0.2, 0.25) is 5.13 Å². The molecule has 1 aromatic heterocycles. The molecule has 0 aliphatic carbocycles. The predicted molar refractivity (Wildman–Crippen MR) is 88.8 cm³/mol. The van der Waals surface area contributed by atoms with Gasteiger partial charge in [0.05, 0.1) is 0 Å². The highest BCUT2D eigenvalue weighted by Gasteiger charge is 2.29. The molecule has 112 valence electrons. The van der Waals surface area contributed by atoms with E-state index in [2.05, 4.69) is 47.3 Å². The number of benzene rings is 1. The van der Waals surface area contributed by atoms with Crippen LogP contribution in [0.3, 0.4) is 0 Å². The van der Waals surface area contributed by atoms with E-state index < -0.39 is 0 Å². The van der Waals surface area contributed by atoms with Crippen LogP contribution in [0.2, 0.25) is 0 Å². The Labute approximate surface area is 130 Å². The van der Waals surface area contributed by atoms with Crippen molar-refractivity contribution in [1.82, 2.24) is 14.3 Å². The van der Waals surface area contributed by atoms with Crippen molar-refractivity contribution in [2.75, 3.05) is 32.1 Å². The number of hydrogen-bond acceptors (Lipinski definition) is 5. The van der Waals surface area contributed by atoms with Gasteiger partial charge in [-0.15, -0.1) is 0 Å². The molecule has 21 heavy (non-hydrogen) atoms. The van der Waals surface area contributed by atoms with E-state index >= 15 is 0 Å². The molecular weight excluding hydrogens is 280 g/mol. The van der Waals surface area contributed by atoms with E-state index in [0.717, 1.165) is 29.6 Å². The minimum Gasteiger partial charge on any atom is -0.347 e. The first-order valence-corrected chi connectivity index (χ1v) is 8.23. The number of likely N-dealkylation sites (tertiary alicyclic amines) is 1. The van der Waals surface area contributed by atoms with Crippen LogP contribution in [0.5, 0.6) is 0 Å². The third kappa shape index (κ3) is 3.09. The van der Waals surface area contributed by atoms with Crippen LogP contribution in [0.4, 0.5) is 5.13 Å². The summed E-state index contributed by atoms with van der Waals surface area (Å²) < 4.78 is 4.52. The highest BCUT2D eigenvalue weighted by atomic mass is 32.1. The van der Waals surface area contributed by atoms with Crippen LogP contribution in [-0.4, -0.2) is 47.5 Å². The summed E-state index contributed by atoms with van der Waals surface area (Å²) in [6, 6.07) is 10.7. The smallest absolute Gasteiger partial charge is 0.205 e. The summed E-state index contributed by atoms with van der Waals surface area (Å²) in [5.74, 6) is 1.49. The van der Waals surface area contributed by atoms with Gasteiger partial charge >= 0.3 is 0 Å². The molecule has 1 aliphatic heterocycles. The number of hydrogen-bond donors (Lipinski definition) is 0. The number of anilines is 1. The van der Waals surface area contributed by atoms with Crippen molar-refractivity contribution in [2.24, 2.45) is 5.92 Å². The second kappa shape index (κ2) is 6.12. The Kier molecular flexibility index (Phi) is 4.22. The van der Waals surface area contributed by atoms with Crippen molar-refractivity contribution < 1.29 is 0 Å². The lowest BCUT2D eigenvalue weighted by molar-refractivity contribution is 0.194. The van der Waals surface area contributed by atoms with Crippen molar-refractivity contribution in [3.8, 4) is 11.4 Å². The van der Waals surface area contributed by atoms with E-state index in [1.165, 1.54) is 18.0 Å². The maximum atomic E-state index is 4.73. The predicted octanol–water partition coefficient (Wildman–Crippen LogP) is 2.98. The first kappa shape index (κ1) is 14.5. The van der Waals surface area contributed by atoms with Gasteiger partial charge in [0, 0.05) is 36.7 Å². The van der Waals surface area contributed by atoms with Gasteiger partial charge in [-0.25, -0.2) is 0 Å². The fourth-order valence-electron chi connectivity index (χ4n) is 3.12. The zero-order valence-corrected chi connectivity index (χ0v) is 13.7. The normalized spacial score (nSPS) is 23.2. The van der Waals surface area contributed by atoms with Gasteiger partial charge in [0.25, 0.3) is 0 Å². The maximum Gasteiger partial charge on any atom is 0.205 e. The van der Waals surface area contributed by atoms with Crippen molar-refractivity contribution >= 4 is 16.7 Å². The number of aromatic nitrogens is 2. The van der Waals surface area contributed by atoms with E-state index in [9.17, 15) is 0 Å². The van der Waals surface area contributed by atoms with E-state index in [1.54, 1.807) is 0 Å². The summed E-state index contributed by atoms with van der Waals surface area (Å²) in [6.45, 7) is 4.64. The van der Waals surface area contributed by atoms with Gasteiger partial charge in [-0.05, 0) is 25.9 Å². The van der Waals surface area contributed by atoms with Crippen molar-refractivity contribution in [3.05, 3.63) is 30.3 Å². The van der Waals surface area contributed by atoms with Crippen LogP contribution in [0.25, 0.3) is 11.4 Å². The molecule has 0 N–H and O–H groups in total. The fourth-order valence-corrected chi connectivity index (χ4v) is 3.83. The lowest BCUT2D eigenvalue weighted by Gasteiger charge is -2.39. The Balaban J connectivity index is 1.77. The van der Waals surface area contributed by atoms with E-state index in [4.69, 9.17) is 4.98 Å². The molecule has 2 unspecified atom stereocenters. The van der Waals surface area contributed by atoms with Crippen LogP contribution in [0.15, 0.2) is 30.3 Å². The van der Waals surface area contributed by atoms with Crippen molar-refractivity contribution in [2.45, 2.75) is 19.4 Å². The lowest BCUT2D eigenvalue weighted by atomic mass is 9.93. The molecule has 3 rings (SSSR count). The lowest BCUT2D eigenvalue weighted by Crippen LogP contribution is -2.47. The Hall–Kier alpha value is -1.46. The summed E-state index contributed by atoms with van der Waals surface area (Å²) in [6.07, 6.45) is 1.19. The third-order valence-electron chi connectivity index (χ3n) is 4.31. The van der Waals surface area contributed by atoms with Crippen LogP contribution >= 0.6 is 11.5 Å². The van der Waals surface area contributed by atoms with Crippen molar-refractivity contribution in [1.29, 1.82) is 0 Å². The molecule has 4 nitrogen and oxygen atoms in total. The number of nitrogens with zero attached hydrogens (tertiary/aromatic N) is 4. The molecule has 2 heterocycles. The van der Waals surface area contributed by atoms with Gasteiger partial charge in [-0.2, -0.15) is 9.36 Å². The van der Waals surface area contributed by atoms with Gasteiger partial charge in [-0.1, -0.05) is 37.3 Å².